The number of aliphatic hydroxyl groups is 1. The molecule has 0 saturated heterocycles. The third-order valence-corrected chi connectivity index (χ3v) is 3.36. The van der Waals surface area contributed by atoms with Crippen molar-refractivity contribution in [1.29, 1.82) is 0 Å². The Kier molecular flexibility index (Phi) is 5.15. The minimum Gasteiger partial charge on any atom is -0.388 e. The molecule has 17 heavy (non-hydrogen) atoms. The molecule has 1 amide bonds. The van der Waals surface area contributed by atoms with E-state index in [4.69, 9.17) is 0 Å². The van der Waals surface area contributed by atoms with E-state index in [1.54, 1.807) is 18.4 Å². The Hall–Kier alpha value is -0.870. The highest BCUT2D eigenvalue weighted by Crippen LogP contribution is 2.15. The van der Waals surface area contributed by atoms with Crippen LogP contribution in [0, 0.1) is 5.92 Å². The van der Waals surface area contributed by atoms with Crippen LogP contribution in [0.25, 0.3) is 0 Å². The Morgan fingerprint density at radius 1 is 1.59 bits per heavy atom. The van der Waals surface area contributed by atoms with Crippen molar-refractivity contribution in [2.75, 3.05) is 6.54 Å². The van der Waals surface area contributed by atoms with E-state index in [9.17, 15) is 9.90 Å². The fraction of sp³-hybridized carbons (Fsp3) is 0.615. The number of nitrogens with one attached hydrogen (secondary N) is 1. The number of hydrogen-bond acceptors (Lipinski definition) is 3. The summed E-state index contributed by atoms with van der Waals surface area (Å²) in [7, 11) is 0. The van der Waals surface area contributed by atoms with Crippen molar-refractivity contribution in [3.63, 3.8) is 0 Å². The first-order valence-electron chi connectivity index (χ1n) is 5.93. The Bertz CT molecular complexity index is 344. The van der Waals surface area contributed by atoms with Gasteiger partial charge in [-0.05, 0) is 37.1 Å². The molecule has 96 valence electrons. The zero-order valence-electron chi connectivity index (χ0n) is 10.7. The molecule has 0 fully saturated rings. The van der Waals surface area contributed by atoms with E-state index < -0.39 is 5.60 Å². The molecule has 4 heteroatoms. The summed E-state index contributed by atoms with van der Waals surface area (Å²) >= 11 is 1.49. The third-order valence-electron chi connectivity index (χ3n) is 2.67. The first-order chi connectivity index (χ1) is 7.91. The summed E-state index contributed by atoms with van der Waals surface area (Å²) in [4.78, 5) is 11.7. The van der Waals surface area contributed by atoms with Gasteiger partial charge >= 0.3 is 0 Å². The second-order valence-electron chi connectivity index (χ2n) is 5.12. The molecule has 1 aromatic heterocycles. The zero-order chi connectivity index (χ0) is 12.9. The number of rotatable bonds is 6. The van der Waals surface area contributed by atoms with Gasteiger partial charge in [0.15, 0.2) is 0 Å². The van der Waals surface area contributed by atoms with Crippen molar-refractivity contribution in [3.05, 3.63) is 22.4 Å². The van der Waals surface area contributed by atoms with Crippen LogP contribution in [0.4, 0.5) is 0 Å². The molecule has 0 saturated carbocycles. The van der Waals surface area contributed by atoms with Crippen LogP contribution < -0.4 is 5.32 Å². The largest absolute Gasteiger partial charge is 0.388 e. The summed E-state index contributed by atoms with van der Waals surface area (Å²) in [5.74, 6) is 0.449. The second-order valence-corrected chi connectivity index (χ2v) is 5.90. The molecule has 0 bridgehead atoms. The van der Waals surface area contributed by atoms with Gasteiger partial charge in [0.2, 0.25) is 0 Å². The lowest BCUT2D eigenvalue weighted by molar-refractivity contribution is 0.0429. The molecule has 0 aliphatic carbocycles. The second kappa shape index (κ2) is 6.17. The van der Waals surface area contributed by atoms with Crippen molar-refractivity contribution in [2.45, 2.75) is 39.2 Å². The molecule has 0 spiro atoms. The standard InChI is InChI=1S/C13H21NO2S/c1-10(2)4-6-13(3,16)9-14-12(15)11-5-7-17-8-11/h5,7-8,10,16H,4,6,9H2,1-3H3,(H,14,15). The fourth-order valence-corrected chi connectivity index (χ4v) is 2.09. The molecule has 2 N–H and O–H groups in total. The minimum atomic E-state index is -0.823. The summed E-state index contributed by atoms with van der Waals surface area (Å²) in [6, 6.07) is 1.78. The maximum absolute atomic E-state index is 11.7. The van der Waals surface area contributed by atoms with Gasteiger partial charge < -0.3 is 10.4 Å². The summed E-state index contributed by atoms with van der Waals surface area (Å²) in [5, 5.41) is 16.5. The lowest BCUT2D eigenvalue weighted by atomic mass is 9.95. The Balaban J connectivity index is 2.36. The number of carbonyl (C=O) groups is 1. The van der Waals surface area contributed by atoms with Crippen LogP contribution in [0.1, 0.15) is 44.0 Å². The third kappa shape index (κ3) is 5.33. The van der Waals surface area contributed by atoms with Gasteiger partial charge in [0, 0.05) is 17.5 Å². The summed E-state index contributed by atoms with van der Waals surface area (Å²) < 4.78 is 0. The van der Waals surface area contributed by atoms with E-state index in [0.717, 1.165) is 6.42 Å². The van der Waals surface area contributed by atoms with Gasteiger partial charge in [0.05, 0.1) is 5.60 Å². The van der Waals surface area contributed by atoms with Gasteiger partial charge in [-0.2, -0.15) is 11.3 Å². The molecule has 0 aliphatic rings. The highest BCUT2D eigenvalue weighted by molar-refractivity contribution is 7.08. The highest BCUT2D eigenvalue weighted by Gasteiger charge is 2.21. The average Bonchev–Trinajstić information content (AvgIpc) is 2.77. The van der Waals surface area contributed by atoms with E-state index in [2.05, 4.69) is 19.2 Å². The molecule has 0 aliphatic heterocycles. The lowest BCUT2D eigenvalue weighted by Gasteiger charge is -2.24. The van der Waals surface area contributed by atoms with Gasteiger partial charge in [-0.15, -0.1) is 0 Å². The lowest BCUT2D eigenvalue weighted by Crippen LogP contribution is -2.40. The molecule has 1 unspecified atom stereocenters. The van der Waals surface area contributed by atoms with E-state index in [1.165, 1.54) is 11.3 Å². The topological polar surface area (TPSA) is 49.3 Å². The first kappa shape index (κ1) is 14.2. The molecular formula is C13H21NO2S. The predicted octanol–water partition coefficient (Wildman–Crippen LogP) is 2.67. The SMILES string of the molecule is CC(C)CCC(C)(O)CNC(=O)c1ccsc1. The van der Waals surface area contributed by atoms with Crippen LogP contribution in [0.15, 0.2) is 16.8 Å². The van der Waals surface area contributed by atoms with E-state index in [1.807, 2.05) is 5.38 Å². The van der Waals surface area contributed by atoms with Crippen molar-refractivity contribution < 1.29 is 9.90 Å². The fourth-order valence-electron chi connectivity index (χ4n) is 1.45. The maximum atomic E-state index is 11.7. The molecule has 1 heterocycles. The van der Waals surface area contributed by atoms with Crippen LogP contribution in [0.5, 0.6) is 0 Å². The van der Waals surface area contributed by atoms with Crippen LogP contribution in [-0.2, 0) is 0 Å². The number of thiophene rings is 1. The van der Waals surface area contributed by atoms with Crippen LogP contribution in [-0.4, -0.2) is 23.2 Å². The average molecular weight is 255 g/mol. The maximum Gasteiger partial charge on any atom is 0.252 e. The Labute approximate surface area is 107 Å². The normalized spacial score (nSPS) is 14.6. The zero-order valence-corrected chi connectivity index (χ0v) is 11.5. The van der Waals surface area contributed by atoms with Crippen LogP contribution in [0.3, 0.4) is 0 Å². The first-order valence-corrected chi connectivity index (χ1v) is 6.88. The molecule has 0 radical (unpaired) electrons. The molecule has 1 atom stereocenters. The van der Waals surface area contributed by atoms with Gasteiger partial charge in [-0.1, -0.05) is 13.8 Å². The monoisotopic (exact) mass is 255 g/mol. The van der Waals surface area contributed by atoms with Crippen molar-refractivity contribution in [2.24, 2.45) is 5.92 Å². The van der Waals surface area contributed by atoms with E-state index in [0.29, 0.717) is 24.4 Å². The van der Waals surface area contributed by atoms with Gasteiger partial charge in [-0.25, -0.2) is 0 Å². The van der Waals surface area contributed by atoms with Crippen LogP contribution in [0.2, 0.25) is 0 Å². The van der Waals surface area contributed by atoms with Crippen LogP contribution >= 0.6 is 11.3 Å². The van der Waals surface area contributed by atoms with E-state index >= 15 is 0 Å². The smallest absolute Gasteiger partial charge is 0.252 e. The number of amides is 1. The molecule has 3 nitrogen and oxygen atoms in total. The summed E-state index contributed by atoms with van der Waals surface area (Å²) in [5.41, 5.74) is -0.162. The summed E-state index contributed by atoms with van der Waals surface area (Å²) in [6.45, 7) is 6.32. The van der Waals surface area contributed by atoms with E-state index in [-0.39, 0.29) is 5.91 Å². The minimum absolute atomic E-state index is 0.115. The van der Waals surface area contributed by atoms with Crippen molar-refractivity contribution in [3.8, 4) is 0 Å². The predicted molar refractivity (Wildman–Crippen MR) is 71.3 cm³/mol. The van der Waals surface area contributed by atoms with Crippen molar-refractivity contribution >= 4 is 17.2 Å². The highest BCUT2D eigenvalue weighted by atomic mass is 32.1. The van der Waals surface area contributed by atoms with Gasteiger partial charge in [0.1, 0.15) is 0 Å². The number of hydrogen-bond donors (Lipinski definition) is 2. The van der Waals surface area contributed by atoms with Gasteiger partial charge in [0.25, 0.3) is 5.91 Å². The molecular weight excluding hydrogens is 234 g/mol. The molecule has 1 aromatic rings. The Morgan fingerprint density at radius 2 is 2.29 bits per heavy atom. The summed E-state index contributed by atoms with van der Waals surface area (Å²) in [6.07, 6.45) is 1.66. The molecule has 1 rings (SSSR count). The van der Waals surface area contributed by atoms with Crippen molar-refractivity contribution in [1.82, 2.24) is 5.32 Å². The molecule has 0 aromatic carbocycles. The quantitative estimate of drug-likeness (QED) is 0.821. The number of carbonyl (C=O) groups excluding carboxylic acids is 1. The Morgan fingerprint density at radius 3 is 2.82 bits per heavy atom. The van der Waals surface area contributed by atoms with Gasteiger partial charge in [-0.3, -0.25) is 4.79 Å².